The van der Waals surface area contributed by atoms with Crippen molar-refractivity contribution in [2.24, 2.45) is 0 Å². The summed E-state index contributed by atoms with van der Waals surface area (Å²) in [5.41, 5.74) is 0. The van der Waals surface area contributed by atoms with Crippen LogP contribution in [0.25, 0.3) is 0 Å². The van der Waals surface area contributed by atoms with Crippen LogP contribution in [0.1, 0.15) is 13.3 Å². The Morgan fingerprint density at radius 1 is 0.692 bits per heavy atom. The molecule has 0 aliphatic rings. The molecule has 0 saturated heterocycles. The van der Waals surface area contributed by atoms with Gasteiger partial charge in [-0.05, 0) is 39.2 Å². The van der Waals surface area contributed by atoms with E-state index in [0.717, 1.165) is 6.04 Å². The molecule has 0 atom stereocenters. The molecular formula is C24H26SSi. The molecule has 0 aliphatic carbocycles. The van der Waals surface area contributed by atoms with Crippen molar-refractivity contribution >= 4 is 35.4 Å². The van der Waals surface area contributed by atoms with Crippen molar-refractivity contribution in [1.29, 1.82) is 0 Å². The van der Waals surface area contributed by atoms with E-state index < -0.39 is 8.07 Å². The van der Waals surface area contributed by atoms with Crippen LogP contribution in [0.5, 0.6) is 0 Å². The Morgan fingerprint density at radius 3 is 1.50 bits per heavy atom. The van der Waals surface area contributed by atoms with Crippen LogP contribution in [0, 0.1) is 0 Å². The average molecular weight is 375 g/mol. The molecule has 0 radical (unpaired) electrons. The van der Waals surface area contributed by atoms with Gasteiger partial charge in [0.15, 0.2) is 8.07 Å². The normalized spacial score (nSPS) is 11.7. The number of allylic oxidation sites excluding steroid dienone is 1. The average Bonchev–Trinajstić information content (AvgIpc) is 2.73. The van der Waals surface area contributed by atoms with Gasteiger partial charge >= 0.3 is 0 Å². The molecule has 3 aromatic carbocycles. The highest BCUT2D eigenvalue weighted by molar-refractivity contribution is 8.02. The summed E-state index contributed by atoms with van der Waals surface area (Å²) in [5.74, 6) is 1.19. The van der Waals surface area contributed by atoms with Gasteiger partial charge in [-0.3, -0.25) is 0 Å². The lowest BCUT2D eigenvalue weighted by Gasteiger charge is -2.33. The molecule has 3 aromatic rings. The van der Waals surface area contributed by atoms with Crippen LogP contribution in [0.4, 0.5) is 0 Å². The molecular weight excluding hydrogens is 348 g/mol. The van der Waals surface area contributed by atoms with Gasteiger partial charge in [-0.15, -0.1) is 11.8 Å². The molecule has 3 rings (SSSR count). The Morgan fingerprint density at radius 2 is 1.12 bits per heavy atom. The number of rotatable bonds is 8. The largest absolute Gasteiger partial charge is 0.151 e. The van der Waals surface area contributed by atoms with Crippen LogP contribution < -0.4 is 15.6 Å². The SMILES string of the molecule is CCCSC=CC[Si](c1ccccc1)(c1ccccc1)c1ccccc1. The van der Waals surface area contributed by atoms with Gasteiger partial charge < -0.3 is 0 Å². The van der Waals surface area contributed by atoms with E-state index in [2.05, 4.69) is 109 Å². The molecule has 0 spiro atoms. The van der Waals surface area contributed by atoms with Crippen molar-refractivity contribution in [3.05, 3.63) is 102 Å². The van der Waals surface area contributed by atoms with E-state index in [0.29, 0.717) is 0 Å². The van der Waals surface area contributed by atoms with Crippen LogP contribution in [-0.4, -0.2) is 13.8 Å². The van der Waals surface area contributed by atoms with Crippen LogP contribution in [0.3, 0.4) is 0 Å². The Hall–Kier alpha value is -2.03. The van der Waals surface area contributed by atoms with Gasteiger partial charge in [0, 0.05) is 0 Å². The van der Waals surface area contributed by atoms with Crippen molar-refractivity contribution in [3.8, 4) is 0 Å². The molecule has 0 saturated carbocycles. The fourth-order valence-corrected chi connectivity index (χ4v) is 8.74. The summed E-state index contributed by atoms with van der Waals surface area (Å²) in [4.78, 5) is 0. The zero-order valence-electron chi connectivity index (χ0n) is 15.3. The van der Waals surface area contributed by atoms with Crippen molar-refractivity contribution in [2.75, 3.05) is 5.75 Å². The third-order valence-corrected chi connectivity index (χ3v) is 10.6. The monoisotopic (exact) mass is 374 g/mol. The van der Waals surface area contributed by atoms with Gasteiger partial charge in [0.1, 0.15) is 0 Å². The number of hydrogen-bond donors (Lipinski definition) is 0. The molecule has 0 unspecified atom stereocenters. The smallest absolute Gasteiger partial charge is 0.134 e. The minimum absolute atomic E-state index is 1.09. The molecule has 0 nitrogen and oxygen atoms in total. The summed E-state index contributed by atoms with van der Waals surface area (Å²) in [7, 11) is -2.08. The van der Waals surface area contributed by atoms with Gasteiger partial charge in [-0.1, -0.05) is 104 Å². The first kappa shape index (κ1) is 18.7. The van der Waals surface area contributed by atoms with E-state index in [4.69, 9.17) is 0 Å². The lowest BCUT2D eigenvalue weighted by atomic mass is 10.3. The quantitative estimate of drug-likeness (QED) is 0.310. The highest BCUT2D eigenvalue weighted by Gasteiger charge is 2.37. The molecule has 0 bridgehead atoms. The van der Waals surface area contributed by atoms with Crippen LogP contribution in [0.2, 0.25) is 6.04 Å². The van der Waals surface area contributed by atoms with Crippen molar-refractivity contribution in [1.82, 2.24) is 0 Å². The molecule has 0 fully saturated rings. The molecule has 0 aromatic heterocycles. The summed E-state index contributed by atoms with van der Waals surface area (Å²) in [5, 5.41) is 6.73. The Bertz CT molecular complexity index is 701. The molecule has 0 N–H and O–H groups in total. The van der Waals surface area contributed by atoms with Gasteiger partial charge in [0.2, 0.25) is 0 Å². The van der Waals surface area contributed by atoms with Crippen LogP contribution in [-0.2, 0) is 0 Å². The predicted molar refractivity (Wildman–Crippen MR) is 121 cm³/mol. The van der Waals surface area contributed by atoms with Gasteiger partial charge in [-0.2, -0.15) is 0 Å². The highest BCUT2D eigenvalue weighted by atomic mass is 32.2. The molecule has 0 aliphatic heterocycles. The number of thioether (sulfide) groups is 1. The number of benzene rings is 3. The van der Waals surface area contributed by atoms with Crippen molar-refractivity contribution in [3.63, 3.8) is 0 Å². The van der Waals surface area contributed by atoms with Gasteiger partial charge in [-0.25, -0.2) is 0 Å². The second-order valence-corrected chi connectivity index (χ2v) is 11.4. The maximum Gasteiger partial charge on any atom is 0.151 e. The summed E-state index contributed by atoms with van der Waals surface area (Å²) < 4.78 is 0. The summed E-state index contributed by atoms with van der Waals surface area (Å²) in [6, 6.07) is 34.4. The second-order valence-electron chi connectivity index (χ2n) is 6.45. The zero-order valence-corrected chi connectivity index (χ0v) is 17.2. The zero-order chi connectivity index (χ0) is 18.1. The van der Waals surface area contributed by atoms with Crippen molar-refractivity contribution < 1.29 is 0 Å². The second kappa shape index (κ2) is 9.61. The van der Waals surface area contributed by atoms with Crippen molar-refractivity contribution in [2.45, 2.75) is 19.4 Å². The maximum atomic E-state index is 2.40. The van der Waals surface area contributed by atoms with Gasteiger partial charge in [0.05, 0.1) is 0 Å². The standard InChI is InChI=1S/C24H26SSi/c1-2-19-25-20-12-21-26(22-13-6-3-7-14-22,23-15-8-4-9-16-23)24-17-10-5-11-18-24/h3-18,20H,2,19,21H2,1H3. The Balaban J connectivity index is 2.13. The summed E-state index contributed by atoms with van der Waals surface area (Å²) in [6.45, 7) is 2.23. The minimum Gasteiger partial charge on any atom is -0.134 e. The Kier molecular flexibility index (Phi) is 6.93. The topological polar surface area (TPSA) is 0 Å². The third kappa shape index (κ3) is 4.20. The van der Waals surface area contributed by atoms with E-state index in [9.17, 15) is 0 Å². The van der Waals surface area contributed by atoms with E-state index >= 15 is 0 Å². The highest BCUT2D eigenvalue weighted by Crippen LogP contribution is 2.15. The third-order valence-electron chi connectivity index (χ3n) is 4.74. The van der Waals surface area contributed by atoms with E-state index in [1.165, 1.54) is 27.7 Å². The maximum absolute atomic E-state index is 2.40. The van der Waals surface area contributed by atoms with E-state index in [1.807, 2.05) is 11.8 Å². The van der Waals surface area contributed by atoms with Crippen LogP contribution in [0.15, 0.2) is 102 Å². The lowest BCUT2D eigenvalue weighted by molar-refractivity contribution is 1.11. The molecule has 26 heavy (non-hydrogen) atoms. The first-order chi connectivity index (χ1) is 12.9. The van der Waals surface area contributed by atoms with E-state index in [1.54, 1.807) is 0 Å². The van der Waals surface area contributed by atoms with Crippen LogP contribution >= 0.6 is 11.8 Å². The predicted octanol–water partition coefficient (Wildman–Crippen LogP) is 4.81. The summed E-state index contributed by atoms with van der Waals surface area (Å²) in [6.07, 6.45) is 3.62. The molecule has 2 heteroatoms. The fourth-order valence-electron chi connectivity index (χ4n) is 3.50. The van der Waals surface area contributed by atoms with Gasteiger partial charge in [0.25, 0.3) is 0 Å². The van der Waals surface area contributed by atoms with E-state index in [-0.39, 0.29) is 0 Å². The Labute approximate surface area is 163 Å². The first-order valence-electron chi connectivity index (χ1n) is 9.31. The summed E-state index contributed by atoms with van der Waals surface area (Å²) >= 11 is 1.92. The first-order valence-corrected chi connectivity index (χ1v) is 12.6. The molecule has 0 heterocycles. The molecule has 132 valence electrons. The minimum atomic E-state index is -2.08. The number of hydrogen-bond acceptors (Lipinski definition) is 1. The fraction of sp³-hybridized carbons (Fsp3) is 0.167. The lowest BCUT2D eigenvalue weighted by Crippen LogP contribution is -2.66. The molecule has 0 amide bonds.